The highest BCUT2D eigenvalue weighted by Gasteiger charge is 2.26. The third-order valence-corrected chi connectivity index (χ3v) is 4.66. The van der Waals surface area contributed by atoms with Crippen molar-refractivity contribution < 1.29 is 14.7 Å². The number of amides is 1. The summed E-state index contributed by atoms with van der Waals surface area (Å²) in [5.41, 5.74) is 0. The number of nitrogens with one attached hydrogen (secondary N) is 1. The number of rotatable bonds is 9. The molecule has 1 aliphatic rings. The molecule has 1 aliphatic carbocycles. The summed E-state index contributed by atoms with van der Waals surface area (Å²) in [6, 6.07) is -0.370. The van der Waals surface area contributed by atoms with Crippen LogP contribution < -0.4 is 5.32 Å². The highest BCUT2D eigenvalue weighted by Crippen LogP contribution is 2.37. The molecule has 0 bridgehead atoms. The number of hydrogen-bond acceptors (Lipinski definition) is 6. The number of carboxylic acid groups (broad SMARTS) is 1. The Morgan fingerprint density at radius 3 is 2.95 bits per heavy atom. The van der Waals surface area contributed by atoms with E-state index in [2.05, 4.69) is 15.5 Å². The molecule has 2 rings (SSSR count). The fourth-order valence-electron chi connectivity index (χ4n) is 1.80. The minimum atomic E-state index is -0.997. The number of thioether (sulfide) groups is 2. The first-order valence-electron chi connectivity index (χ1n) is 6.65. The molecule has 1 heterocycles. The van der Waals surface area contributed by atoms with Gasteiger partial charge in [0, 0.05) is 6.04 Å². The van der Waals surface area contributed by atoms with E-state index in [0.29, 0.717) is 23.4 Å². The van der Waals surface area contributed by atoms with Crippen molar-refractivity contribution in [3.8, 4) is 0 Å². The van der Waals surface area contributed by atoms with Crippen LogP contribution in [-0.4, -0.2) is 55.6 Å². The first kappa shape index (κ1) is 16.2. The minimum absolute atomic E-state index is 0.147. The molecule has 116 valence electrons. The summed E-state index contributed by atoms with van der Waals surface area (Å²) >= 11 is 2.84. The fourth-order valence-corrected chi connectivity index (χ4v) is 3.06. The monoisotopic (exact) mass is 330 g/mol. The van der Waals surface area contributed by atoms with Gasteiger partial charge in [0.25, 0.3) is 0 Å². The lowest BCUT2D eigenvalue weighted by Crippen LogP contribution is -2.42. The average Bonchev–Trinajstić information content (AvgIpc) is 3.19. The van der Waals surface area contributed by atoms with Crippen LogP contribution in [0.2, 0.25) is 0 Å². The first-order valence-corrected chi connectivity index (χ1v) is 9.03. The number of carboxylic acids is 1. The van der Waals surface area contributed by atoms with Crippen molar-refractivity contribution in [2.24, 2.45) is 0 Å². The van der Waals surface area contributed by atoms with Crippen LogP contribution in [0.15, 0.2) is 11.5 Å². The van der Waals surface area contributed by atoms with Gasteiger partial charge in [-0.2, -0.15) is 11.8 Å². The van der Waals surface area contributed by atoms with E-state index in [9.17, 15) is 9.59 Å². The van der Waals surface area contributed by atoms with Gasteiger partial charge in [0.15, 0.2) is 5.16 Å². The van der Waals surface area contributed by atoms with Crippen molar-refractivity contribution in [1.82, 2.24) is 20.1 Å². The molecule has 1 fully saturated rings. The molecule has 21 heavy (non-hydrogen) atoms. The second kappa shape index (κ2) is 7.69. The Morgan fingerprint density at radius 2 is 2.33 bits per heavy atom. The van der Waals surface area contributed by atoms with E-state index < -0.39 is 12.0 Å². The number of nitrogens with zero attached hydrogens (tertiary/aromatic N) is 3. The van der Waals surface area contributed by atoms with E-state index >= 15 is 0 Å². The maximum Gasteiger partial charge on any atom is 0.326 e. The molecule has 0 spiro atoms. The number of aromatic nitrogens is 3. The molecular formula is C12H18N4O3S2. The molecule has 1 saturated carbocycles. The Hall–Kier alpha value is -1.22. The summed E-state index contributed by atoms with van der Waals surface area (Å²) in [4.78, 5) is 22.9. The lowest BCUT2D eigenvalue weighted by molar-refractivity contribution is -0.141. The second-order valence-corrected chi connectivity index (χ2v) is 6.71. The van der Waals surface area contributed by atoms with E-state index in [0.717, 1.165) is 12.8 Å². The summed E-state index contributed by atoms with van der Waals surface area (Å²) < 4.78 is 1.97. The molecule has 7 nitrogen and oxygen atoms in total. The van der Waals surface area contributed by atoms with Gasteiger partial charge < -0.3 is 15.0 Å². The molecule has 1 amide bonds. The van der Waals surface area contributed by atoms with Crippen molar-refractivity contribution in [2.45, 2.75) is 36.5 Å². The van der Waals surface area contributed by atoms with Crippen molar-refractivity contribution >= 4 is 35.4 Å². The first-order chi connectivity index (χ1) is 10.1. The predicted octanol–water partition coefficient (Wildman–Crippen LogP) is 1.03. The summed E-state index contributed by atoms with van der Waals surface area (Å²) in [6.45, 7) is 0. The Balaban J connectivity index is 1.80. The van der Waals surface area contributed by atoms with E-state index in [-0.39, 0.29) is 11.7 Å². The molecule has 0 radical (unpaired) electrons. The van der Waals surface area contributed by atoms with Gasteiger partial charge in [0.1, 0.15) is 12.4 Å². The van der Waals surface area contributed by atoms with Gasteiger partial charge in [-0.3, -0.25) is 4.79 Å². The Bertz CT molecular complexity index is 504. The highest BCUT2D eigenvalue weighted by atomic mass is 32.2. The van der Waals surface area contributed by atoms with Crippen LogP contribution in [-0.2, 0) is 9.59 Å². The van der Waals surface area contributed by atoms with Crippen molar-refractivity contribution in [2.75, 3.05) is 17.8 Å². The van der Waals surface area contributed by atoms with E-state index in [4.69, 9.17) is 5.11 Å². The zero-order chi connectivity index (χ0) is 15.2. The molecule has 1 aromatic heterocycles. The van der Waals surface area contributed by atoms with Crippen LogP contribution in [0.3, 0.4) is 0 Å². The standard InChI is InChI=1S/C12H18N4O3S2/c1-20-5-4-9(11(18)19)14-10(17)6-21-12-15-13-7-16(12)8-2-3-8/h7-9H,2-6H2,1H3,(H,14,17)(H,18,19). The number of aliphatic carboxylic acids is 1. The average molecular weight is 330 g/mol. The van der Waals surface area contributed by atoms with Gasteiger partial charge >= 0.3 is 5.97 Å². The minimum Gasteiger partial charge on any atom is -0.480 e. The summed E-state index contributed by atoms with van der Waals surface area (Å²) in [5.74, 6) is -0.447. The fraction of sp³-hybridized carbons (Fsp3) is 0.667. The molecule has 2 N–H and O–H groups in total. The van der Waals surface area contributed by atoms with Crippen LogP contribution in [0, 0.1) is 0 Å². The van der Waals surface area contributed by atoms with Crippen LogP contribution in [0.4, 0.5) is 0 Å². The molecule has 1 unspecified atom stereocenters. The summed E-state index contributed by atoms with van der Waals surface area (Å²) in [6.07, 6.45) is 6.24. The van der Waals surface area contributed by atoms with Crippen LogP contribution in [0.5, 0.6) is 0 Å². The van der Waals surface area contributed by atoms with Crippen LogP contribution >= 0.6 is 23.5 Å². The quantitative estimate of drug-likeness (QED) is 0.653. The highest BCUT2D eigenvalue weighted by molar-refractivity contribution is 7.99. The SMILES string of the molecule is CSCCC(NC(=O)CSc1nncn1C1CC1)C(=O)O. The number of carbonyl (C=O) groups excluding carboxylic acids is 1. The maximum atomic E-state index is 11.9. The number of carbonyl (C=O) groups is 2. The third kappa shape index (κ3) is 4.92. The van der Waals surface area contributed by atoms with Crippen molar-refractivity contribution in [3.63, 3.8) is 0 Å². The zero-order valence-electron chi connectivity index (χ0n) is 11.7. The molecule has 1 atom stereocenters. The van der Waals surface area contributed by atoms with Gasteiger partial charge in [0.05, 0.1) is 5.75 Å². The molecular weight excluding hydrogens is 312 g/mol. The Morgan fingerprint density at radius 1 is 1.57 bits per heavy atom. The lowest BCUT2D eigenvalue weighted by atomic mass is 10.2. The van der Waals surface area contributed by atoms with Gasteiger partial charge in [-0.1, -0.05) is 11.8 Å². The maximum absolute atomic E-state index is 11.9. The van der Waals surface area contributed by atoms with Crippen molar-refractivity contribution in [3.05, 3.63) is 6.33 Å². The van der Waals surface area contributed by atoms with E-state index in [1.54, 1.807) is 18.1 Å². The normalized spacial score (nSPS) is 15.7. The largest absolute Gasteiger partial charge is 0.480 e. The van der Waals surface area contributed by atoms with Gasteiger partial charge in [0.2, 0.25) is 5.91 Å². The smallest absolute Gasteiger partial charge is 0.326 e. The molecule has 1 aromatic rings. The summed E-state index contributed by atoms with van der Waals surface area (Å²) in [7, 11) is 0. The van der Waals surface area contributed by atoms with Gasteiger partial charge in [-0.05, 0) is 31.3 Å². The van der Waals surface area contributed by atoms with Gasteiger partial charge in [-0.25, -0.2) is 4.79 Å². The van der Waals surface area contributed by atoms with Gasteiger partial charge in [-0.15, -0.1) is 10.2 Å². The zero-order valence-corrected chi connectivity index (χ0v) is 13.3. The topological polar surface area (TPSA) is 97.1 Å². The number of hydrogen-bond donors (Lipinski definition) is 2. The molecule has 0 aromatic carbocycles. The molecule has 0 saturated heterocycles. The molecule has 9 heteroatoms. The lowest BCUT2D eigenvalue weighted by Gasteiger charge is -2.13. The van der Waals surface area contributed by atoms with E-state index in [1.807, 2.05) is 10.8 Å². The summed E-state index contributed by atoms with van der Waals surface area (Å²) in [5, 5.41) is 20.2. The van der Waals surface area contributed by atoms with E-state index in [1.165, 1.54) is 11.8 Å². The van der Waals surface area contributed by atoms with Crippen molar-refractivity contribution in [1.29, 1.82) is 0 Å². The van der Waals surface area contributed by atoms with Crippen LogP contribution in [0.25, 0.3) is 0 Å². The van der Waals surface area contributed by atoms with Crippen LogP contribution in [0.1, 0.15) is 25.3 Å². The Kier molecular flexibility index (Phi) is 5.92. The molecule has 0 aliphatic heterocycles. The Labute approximate surface area is 131 Å². The predicted molar refractivity (Wildman–Crippen MR) is 81.6 cm³/mol. The third-order valence-electron chi connectivity index (χ3n) is 3.06. The second-order valence-electron chi connectivity index (χ2n) is 4.78.